The molecule has 1 saturated heterocycles. The molecule has 0 radical (unpaired) electrons. The molecule has 3 fully saturated rings. The van der Waals surface area contributed by atoms with Crippen LogP contribution in [0.5, 0.6) is 0 Å². The average Bonchev–Trinajstić information content (AvgIpc) is 3.26. The van der Waals surface area contributed by atoms with E-state index in [9.17, 15) is 39.3 Å². The van der Waals surface area contributed by atoms with E-state index in [2.05, 4.69) is 10.3 Å². The zero-order chi connectivity index (χ0) is 47.4. The summed E-state index contributed by atoms with van der Waals surface area (Å²) >= 11 is 0. The van der Waals surface area contributed by atoms with E-state index in [0.717, 1.165) is 13.8 Å². The highest BCUT2D eigenvalue weighted by molar-refractivity contribution is 5.95. The molecular formula is C48H62N2O14. The largest absolute Gasteiger partial charge is 0.456 e. The number of hydrogen-bond acceptors (Lipinski definition) is 15. The van der Waals surface area contributed by atoms with Gasteiger partial charge in [-0.05, 0) is 61.7 Å². The van der Waals surface area contributed by atoms with Crippen LogP contribution in [0.25, 0.3) is 0 Å². The normalized spacial score (nSPS) is 31.2. The summed E-state index contributed by atoms with van der Waals surface area (Å²) in [5.41, 5.74) is -7.21. The van der Waals surface area contributed by atoms with Gasteiger partial charge in [0.05, 0.1) is 35.6 Å². The number of ketones is 1. The monoisotopic (exact) mass is 890 g/mol. The molecule has 2 saturated carbocycles. The number of ether oxygens (including phenoxy) is 5. The second kappa shape index (κ2) is 19.8. The number of hydrogen-bond donors (Lipinski definition) is 4. The number of aliphatic hydroxyl groups is 3. The van der Waals surface area contributed by atoms with Gasteiger partial charge < -0.3 is 49.3 Å². The van der Waals surface area contributed by atoms with Crippen molar-refractivity contribution in [3.8, 4) is 0 Å². The van der Waals surface area contributed by atoms with Gasteiger partial charge in [0.25, 0.3) is 0 Å². The summed E-state index contributed by atoms with van der Waals surface area (Å²) in [6, 6.07) is 14.9. The molecule has 2 aromatic rings. The van der Waals surface area contributed by atoms with Crippen molar-refractivity contribution in [2.75, 3.05) is 13.7 Å². The molecule has 4 N–H and O–H groups in total. The van der Waals surface area contributed by atoms with Crippen molar-refractivity contribution in [2.24, 2.45) is 21.7 Å². The Bertz CT molecular complexity index is 2120. The van der Waals surface area contributed by atoms with Crippen LogP contribution in [-0.4, -0.2) is 119 Å². The van der Waals surface area contributed by atoms with Crippen LogP contribution in [-0.2, 0) is 47.7 Å². The van der Waals surface area contributed by atoms with E-state index in [1.807, 2.05) is 13.8 Å². The predicted molar refractivity (Wildman–Crippen MR) is 232 cm³/mol. The number of esters is 4. The van der Waals surface area contributed by atoms with Crippen LogP contribution >= 0.6 is 0 Å². The third kappa shape index (κ3) is 9.02. The van der Waals surface area contributed by atoms with Gasteiger partial charge in [-0.1, -0.05) is 76.2 Å². The lowest BCUT2D eigenvalue weighted by molar-refractivity contribution is -0.346. The highest BCUT2D eigenvalue weighted by Gasteiger charge is 2.78. The minimum Gasteiger partial charge on any atom is -0.456 e. The average molecular weight is 891 g/mol. The molecule has 348 valence electrons. The van der Waals surface area contributed by atoms with Gasteiger partial charge in [0.15, 0.2) is 23.6 Å². The molecule has 1 heterocycles. The van der Waals surface area contributed by atoms with Crippen LogP contribution in [0, 0.1) is 16.7 Å². The van der Waals surface area contributed by atoms with Crippen LogP contribution in [0.3, 0.4) is 0 Å². The first-order valence-corrected chi connectivity index (χ1v) is 21.8. The number of amides is 1. The van der Waals surface area contributed by atoms with Crippen molar-refractivity contribution in [1.29, 1.82) is 0 Å². The zero-order valence-corrected chi connectivity index (χ0v) is 38.0. The molecule has 2 aromatic carbocycles. The summed E-state index contributed by atoms with van der Waals surface area (Å²) in [7, 11) is 1.62. The van der Waals surface area contributed by atoms with E-state index >= 15 is 4.79 Å². The summed E-state index contributed by atoms with van der Waals surface area (Å²) in [4.78, 5) is 87.0. The van der Waals surface area contributed by atoms with E-state index in [0.29, 0.717) is 18.4 Å². The Kier molecular flexibility index (Phi) is 15.4. The maximum Gasteiger partial charge on any atom is 0.338 e. The molecule has 4 aliphatic rings. The van der Waals surface area contributed by atoms with Crippen molar-refractivity contribution in [1.82, 2.24) is 5.32 Å². The molecule has 11 atom stereocenters. The predicted octanol–water partition coefficient (Wildman–Crippen LogP) is 4.32. The Hall–Kier alpha value is -5.29. The Labute approximate surface area is 373 Å². The summed E-state index contributed by atoms with van der Waals surface area (Å²) in [5, 5.41) is 40.2. The van der Waals surface area contributed by atoms with Gasteiger partial charge in [0, 0.05) is 45.6 Å². The lowest BCUT2D eigenvalue weighted by Gasteiger charge is -2.67. The second-order valence-electron chi connectivity index (χ2n) is 17.4. The molecule has 0 unspecified atom stereocenters. The molecule has 3 aliphatic carbocycles. The van der Waals surface area contributed by atoms with E-state index in [1.165, 1.54) is 26.0 Å². The third-order valence-electron chi connectivity index (χ3n) is 13.4. The van der Waals surface area contributed by atoms with Crippen LogP contribution in [0.1, 0.15) is 109 Å². The van der Waals surface area contributed by atoms with Crippen LogP contribution in [0.2, 0.25) is 0 Å². The van der Waals surface area contributed by atoms with Crippen LogP contribution < -0.4 is 5.32 Å². The van der Waals surface area contributed by atoms with Crippen molar-refractivity contribution in [3.63, 3.8) is 0 Å². The van der Waals surface area contributed by atoms with Gasteiger partial charge in [-0.25, -0.2) is 9.59 Å². The number of Topliss-reactive ketones (excluding diaryl/α,β-unsaturated/α-hetero) is 1. The van der Waals surface area contributed by atoms with Crippen molar-refractivity contribution in [3.05, 3.63) is 82.9 Å². The Morgan fingerprint density at radius 3 is 2.14 bits per heavy atom. The third-order valence-corrected chi connectivity index (χ3v) is 13.4. The van der Waals surface area contributed by atoms with Crippen molar-refractivity contribution >= 4 is 41.8 Å². The molecule has 0 spiro atoms. The summed E-state index contributed by atoms with van der Waals surface area (Å²) < 4.78 is 30.3. The first kappa shape index (κ1) is 49.7. The smallest absolute Gasteiger partial charge is 0.338 e. The lowest BCUT2D eigenvalue weighted by Crippen LogP contribution is -2.82. The van der Waals surface area contributed by atoms with Gasteiger partial charge in [0.1, 0.15) is 23.9 Å². The number of carbonyl (C=O) groups is 6. The highest BCUT2D eigenvalue weighted by Crippen LogP contribution is 2.64. The molecule has 1 amide bonds. The number of benzene rings is 2. The quantitative estimate of drug-likeness (QED) is 0.0722. The fourth-order valence-electron chi connectivity index (χ4n) is 10.1. The number of fused-ring (bicyclic) bond motifs is 5. The highest BCUT2D eigenvalue weighted by atomic mass is 16.6. The van der Waals surface area contributed by atoms with Gasteiger partial charge in [-0.15, -0.1) is 0 Å². The molecule has 0 aromatic heterocycles. The number of aliphatic hydroxyl groups excluding tert-OH is 2. The molecule has 16 heteroatoms. The Morgan fingerprint density at radius 1 is 0.953 bits per heavy atom. The minimum atomic E-state index is -2.38. The second-order valence-corrected chi connectivity index (χ2v) is 17.4. The fourth-order valence-corrected chi connectivity index (χ4v) is 10.1. The number of carbonyl (C=O) groups excluding carboxylic acids is 6. The van der Waals surface area contributed by atoms with Crippen molar-refractivity contribution in [2.45, 2.75) is 141 Å². The van der Waals surface area contributed by atoms with Gasteiger partial charge in [-0.3, -0.25) is 19.2 Å². The zero-order valence-electron chi connectivity index (χ0n) is 38.0. The number of unbranched alkanes of at least 4 members (excludes halogenated alkanes) is 1. The maximum absolute atomic E-state index is 15.5. The first-order valence-electron chi connectivity index (χ1n) is 21.8. The van der Waals surface area contributed by atoms with E-state index in [1.54, 1.807) is 75.6 Å². The van der Waals surface area contributed by atoms with E-state index in [-0.39, 0.29) is 36.2 Å². The number of rotatable bonds is 13. The molecule has 6 rings (SSSR count). The van der Waals surface area contributed by atoms with Crippen LogP contribution in [0.4, 0.5) is 0 Å². The van der Waals surface area contributed by atoms with E-state index < -0.39 is 113 Å². The molecule has 16 nitrogen and oxygen atoms in total. The first-order chi connectivity index (χ1) is 30.2. The number of aliphatic imine (C=N–C) groups is 1. The number of nitrogens with zero attached hydrogens (tertiary/aromatic N) is 1. The summed E-state index contributed by atoms with van der Waals surface area (Å²) in [6.07, 6.45) is -7.71. The van der Waals surface area contributed by atoms with Gasteiger partial charge in [-0.2, -0.15) is 0 Å². The van der Waals surface area contributed by atoms with Gasteiger partial charge >= 0.3 is 23.9 Å². The minimum absolute atomic E-state index is 0.00317. The van der Waals surface area contributed by atoms with Crippen molar-refractivity contribution < 1.29 is 67.8 Å². The standard InChI is InChI=1S/C46H56N2O14.C2H6/c1-25-30(60-42(56)36(53)35(28-16-10-8-11-17-28)48-33(52)20-14-15-21-47-7)23-46(57)40(61-41(55)29-18-12-9-13-19-29)38-44(6,31(51)22-32-45(38,24-58-32)62-27(3)50)39(54)37(59-26(2)49)34(25)43(46,4)5;1-2/h8-13,16-19,21,30-32,35-38,40,51,53,57H,14-15,20,22-24H2,1-7H3,(H,48,52);1-2H3/t30-,31-,32+,35-,36+,37+,38-,40-,44+,45-,46+;/m0./s1. The fraction of sp³-hybridized carbons (Fsp3) is 0.562. The SMILES string of the molecule is CC.CN=CCCCC(=O)N[C@@H](c1ccccc1)[C@@H](O)C(=O)O[C@H]1C[C@@]2(O)[C@@H](OC(=O)c3ccccc3)[C@@H]3[C@]4(OC(C)=O)CO[C@@H]4C[C@H](O)[C@@]3(C)C(=O)[C@H](OC(C)=O)C(=C1C)C2(C)C. The molecule has 64 heavy (non-hydrogen) atoms. The lowest BCUT2D eigenvalue weighted by atomic mass is 9.44. The van der Waals surface area contributed by atoms with Gasteiger partial charge in [0.2, 0.25) is 5.91 Å². The number of nitrogens with one attached hydrogen (secondary N) is 1. The van der Waals surface area contributed by atoms with Crippen LogP contribution in [0.15, 0.2) is 76.8 Å². The molecule has 1 aliphatic heterocycles. The molecule has 2 bridgehead atoms. The summed E-state index contributed by atoms with van der Waals surface area (Å²) in [5.74, 6) is -6.66. The Morgan fingerprint density at radius 2 is 1.58 bits per heavy atom. The maximum atomic E-state index is 15.5. The topological polar surface area (TPSA) is 234 Å². The van der Waals surface area contributed by atoms with E-state index in [4.69, 9.17) is 23.7 Å². The summed E-state index contributed by atoms with van der Waals surface area (Å²) in [6.45, 7) is 12.0. The Balaban J connectivity index is 0.00000380. The molecular weight excluding hydrogens is 829 g/mol.